The normalized spacial score (nSPS) is 21.5. The van der Waals surface area contributed by atoms with Gasteiger partial charge in [0.1, 0.15) is 23.0 Å². The van der Waals surface area contributed by atoms with Crippen LogP contribution in [0.3, 0.4) is 0 Å². The Morgan fingerprint density at radius 1 is 0.738 bits per heavy atom. The van der Waals surface area contributed by atoms with Gasteiger partial charge in [0.05, 0.1) is 71.8 Å². The van der Waals surface area contributed by atoms with Crippen molar-refractivity contribution in [3.8, 4) is 23.0 Å². The van der Waals surface area contributed by atoms with Gasteiger partial charge in [-0.15, -0.1) is 0 Å². The summed E-state index contributed by atoms with van der Waals surface area (Å²) in [6.45, 7) is 4.33. The van der Waals surface area contributed by atoms with Gasteiger partial charge in [0.25, 0.3) is 10.1 Å². The molecule has 13 heteroatoms. The van der Waals surface area contributed by atoms with Crippen LogP contribution in [0.5, 0.6) is 23.0 Å². The Balaban J connectivity index is 0.000000235. The quantitative estimate of drug-likeness (QED) is 0.281. The van der Waals surface area contributed by atoms with Crippen LogP contribution in [-0.4, -0.2) is 95.1 Å². The average Bonchev–Trinajstić information content (AvgIpc) is 2.99. The van der Waals surface area contributed by atoms with Crippen molar-refractivity contribution in [1.29, 1.82) is 0 Å². The molecule has 2 heterocycles. The third-order valence-corrected chi connectivity index (χ3v) is 8.17. The average molecular weight is 609 g/mol. The van der Waals surface area contributed by atoms with E-state index < -0.39 is 10.1 Å². The summed E-state index contributed by atoms with van der Waals surface area (Å²) in [5.41, 5.74) is 1.72. The number of carbonyl (C=O) groups excluding carboxylic acids is 2. The lowest BCUT2D eigenvalue weighted by Crippen LogP contribution is -2.61. The van der Waals surface area contributed by atoms with Gasteiger partial charge in [-0.05, 0) is 24.3 Å². The predicted octanol–water partition coefficient (Wildman–Crippen LogP) is 2.07. The lowest BCUT2D eigenvalue weighted by molar-refractivity contribution is -0.159. The molecule has 2 aliphatic rings. The van der Waals surface area contributed by atoms with Crippen molar-refractivity contribution in [3.05, 3.63) is 47.5 Å². The summed E-state index contributed by atoms with van der Waals surface area (Å²) in [7, 11) is 2.75. The maximum absolute atomic E-state index is 12.1. The second-order valence-electron chi connectivity index (χ2n) is 10.2. The van der Waals surface area contributed by atoms with E-state index in [2.05, 4.69) is 0 Å². The third-order valence-electron chi connectivity index (χ3n) is 7.61. The molecule has 2 aromatic carbocycles. The molecule has 0 spiro atoms. The number of likely N-dealkylation sites (tertiary alicyclic amines) is 2. The largest absolute Gasteiger partial charge is 0.497 e. The Bertz CT molecular complexity index is 1370. The van der Waals surface area contributed by atoms with Gasteiger partial charge >= 0.3 is 0 Å². The number of methoxy groups -OCH3 is 4. The van der Waals surface area contributed by atoms with Crippen molar-refractivity contribution in [2.75, 3.05) is 47.9 Å². The number of carbonyl (C=O) groups is 2. The Morgan fingerprint density at radius 3 is 1.55 bits per heavy atom. The summed E-state index contributed by atoms with van der Waals surface area (Å²) in [4.78, 5) is 27.2. The van der Waals surface area contributed by atoms with Crippen LogP contribution < -0.4 is 18.9 Å². The minimum absolute atomic E-state index is 0.00855. The molecule has 4 rings (SSSR count). The lowest BCUT2D eigenvalue weighted by Gasteiger charge is -2.45. The first-order chi connectivity index (χ1) is 19.9. The van der Waals surface area contributed by atoms with Gasteiger partial charge in [0, 0.05) is 36.3 Å². The van der Waals surface area contributed by atoms with Crippen molar-refractivity contribution >= 4 is 21.9 Å². The zero-order valence-electron chi connectivity index (χ0n) is 25.0. The van der Waals surface area contributed by atoms with E-state index in [-0.39, 0.29) is 48.9 Å². The van der Waals surface area contributed by atoms with E-state index in [0.717, 1.165) is 17.4 Å². The standard InChI is InChI=1S/C15H21NO6S.C14H19NO4/c1-10-13(9-22-23(4,18)19)16(15(10)17)8-11-5-6-12(20-2)7-14(11)21-3;1-9-12(8-16)15(14(9)17)7-10-4-5-11(18-2)6-13(10)19-3/h5-7,10,13H,8-9H2,1-4H3;4-6,9,12,16H,7-8H2,1-3H3/t10-,13+;9-,12+/m00/s1. The van der Waals surface area contributed by atoms with Crippen LogP contribution in [0.15, 0.2) is 36.4 Å². The second kappa shape index (κ2) is 14.1. The summed E-state index contributed by atoms with van der Waals surface area (Å²) in [5, 5.41) is 9.29. The van der Waals surface area contributed by atoms with Crippen molar-refractivity contribution in [2.45, 2.75) is 39.0 Å². The Labute approximate surface area is 247 Å². The minimum atomic E-state index is -3.53. The Morgan fingerprint density at radius 2 is 1.17 bits per heavy atom. The molecule has 1 N–H and O–H groups in total. The molecule has 0 aliphatic carbocycles. The first-order valence-corrected chi connectivity index (χ1v) is 15.2. The number of aliphatic hydroxyl groups excluding tert-OH is 1. The van der Waals surface area contributed by atoms with Crippen molar-refractivity contribution in [1.82, 2.24) is 9.80 Å². The van der Waals surface area contributed by atoms with Crippen LogP contribution in [0.25, 0.3) is 0 Å². The van der Waals surface area contributed by atoms with Crippen LogP contribution in [0.1, 0.15) is 25.0 Å². The number of hydrogen-bond donors (Lipinski definition) is 1. The zero-order chi connectivity index (χ0) is 31.2. The fraction of sp³-hybridized carbons (Fsp3) is 0.517. The molecule has 2 fully saturated rings. The van der Waals surface area contributed by atoms with E-state index in [9.17, 15) is 23.1 Å². The molecule has 0 radical (unpaired) electrons. The molecule has 0 unspecified atom stereocenters. The van der Waals surface area contributed by atoms with Crippen LogP contribution in [-0.2, 0) is 37.0 Å². The summed E-state index contributed by atoms with van der Waals surface area (Å²) >= 11 is 0. The molecule has 2 saturated heterocycles. The van der Waals surface area contributed by atoms with E-state index in [1.165, 1.54) is 0 Å². The van der Waals surface area contributed by atoms with E-state index in [1.807, 2.05) is 25.1 Å². The van der Waals surface area contributed by atoms with Crippen LogP contribution >= 0.6 is 0 Å². The summed E-state index contributed by atoms with van der Waals surface area (Å²) in [5.74, 6) is 2.33. The van der Waals surface area contributed by atoms with Gasteiger partial charge in [-0.1, -0.05) is 13.8 Å². The number of amides is 2. The molecule has 0 saturated carbocycles. The molecule has 0 bridgehead atoms. The zero-order valence-corrected chi connectivity index (χ0v) is 25.8. The van der Waals surface area contributed by atoms with E-state index >= 15 is 0 Å². The van der Waals surface area contributed by atoms with Crippen LogP contribution in [0, 0.1) is 11.8 Å². The van der Waals surface area contributed by atoms with Crippen molar-refractivity contribution in [2.24, 2.45) is 11.8 Å². The van der Waals surface area contributed by atoms with E-state index in [0.29, 0.717) is 36.1 Å². The number of β-lactam (4-membered cyclic amide) rings is 2. The van der Waals surface area contributed by atoms with Crippen molar-refractivity contribution < 1.29 is 46.2 Å². The summed E-state index contributed by atoms with van der Waals surface area (Å²) in [6, 6.07) is 10.5. The fourth-order valence-corrected chi connectivity index (χ4v) is 5.35. The Hall–Kier alpha value is -3.55. The third kappa shape index (κ3) is 7.44. The number of ether oxygens (including phenoxy) is 4. The van der Waals surface area contributed by atoms with Gasteiger partial charge in [-0.2, -0.15) is 8.42 Å². The van der Waals surface area contributed by atoms with Crippen molar-refractivity contribution in [3.63, 3.8) is 0 Å². The number of rotatable bonds is 12. The monoisotopic (exact) mass is 608 g/mol. The minimum Gasteiger partial charge on any atom is -0.497 e. The molecule has 42 heavy (non-hydrogen) atoms. The molecule has 0 aromatic heterocycles. The smallest absolute Gasteiger partial charge is 0.264 e. The number of aliphatic hydroxyl groups is 1. The first-order valence-electron chi connectivity index (χ1n) is 13.4. The first kappa shape index (κ1) is 33.0. The van der Waals surface area contributed by atoms with E-state index in [4.69, 9.17) is 23.1 Å². The molecule has 4 atom stereocenters. The lowest BCUT2D eigenvalue weighted by atomic mass is 9.89. The number of nitrogens with zero attached hydrogens (tertiary/aromatic N) is 2. The predicted molar refractivity (Wildman–Crippen MR) is 154 cm³/mol. The Kier molecular flexibility index (Phi) is 11.0. The summed E-state index contributed by atoms with van der Waals surface area (Å²) in [6.07, 6.45) is 0.995. The van der Waals surface area contributed by atoms with Gasteiger partial charge in [-0.25, -0.2) is 0 Å². The molecular formula is C29H40N2O10S. The SMILES string of the molecule is COc1ccc(CN2C(=O)[C@@H](C)[C@H]2CO)c(OC)c1.COc1ccc(CN2C(=O)[C@@H](C)[C@H]2COS(C)(=O)=O)c(OC)c1. The highest BCUT2D eigenvalue weighted by Crippen LogP contribution is 2.33. The maximum Gasteiger partial charge on any atom is 0.264 e. The molecule has 232 valence electrons. The second-order valence-corrected chi connectivity index (χ2v) is 11.8. The van der Waals surface area contributed by atoms with Crippen LogP contribution in [0.4, 0.5) is 0 Å². The molecule has 12 nitrogen and oxygen atoms in total. The van der Waals surface area contributed by atoms with Crippen LogP contribution in [0.2, 0.25) is 0 Å². The fourth-order valence-electron chi connectivity index (χ4n) is 4.96. The highest BCUT2D eigenvalue weighted by molar-refractivity contribution is 7.85. The highest BCUT2D eigenvalue weighted by Gasteiger charge is 2.45. The van der Waals surface area contributed by atoms with Gasteiger partial charge < -0.3 is 33.9 Å². The molecule has 2 aromatic rings. The van der Waals surface area contributed by atoms with Gasteiger partial charge in [0.15, 0.2) is 0 Å². The summed E-state index contributed by atoms with van der Waals surface area (Å²) < 4.78 is 48.0. The van der Waals surface area contributed by atoms with E-state index in [1.54, 1.807) is 63.4 Å². The molecule has 2 aliphatic heterocycles. The maximum atomic E-state index is 12.1. The topological polar surface area (TPSA) is 141 Å². The molecule has 2 amide bonds. The van der Waals surface area contributed by atoms with Gasteiger partial charge in [0.2, 0.25) is 11.8 Å². The highest BCUT2D eigenvalue weighted by atomic mass is 32.2. The number of benzene rings is 2. The molecular weight excluding hydrogens is 568 g/mol. The number of hydrogen-bond acceptors (Lipinski definition) is 10. The van der Waals surface area contributed by atoms with Gasteiger partial charge in [-0.3, -0.25) is 13.8 Å².